The van der Waals surface area contributed by atoms with Crippen LogP contribution in [-0.2, 0) is 0 Å². The zero-order valence-corrected chi connectivity index (χ0v) is 13.7. The predicted molar refractivity (Wildman–Crippen MR) is 92.2 cm³/mol. The summed E-state index contributed by atoms with van der Waals surface area (Å²) in [5.74, 6) is 0.665. The average molecular weight is 326 g/mol. The second-order valence-corrected chi connectivity index (χ2v) is 6.23. The first-order valence-corrected chi connectivity index (χ1v) is 8.25. The molecule has 2 atom stereocenters. The smallest absolute Gasteiger partial charge is 0.251 e. The maximum atomic E-state index is 12.3. The van der Waals surface area contributed by atoms with Gasteiger partial charge in [-0.2, -0.15) is 5.10 Å². The molecule has 1 saturated carbocycles. The summed E-state index contributed by atoms with van der Waals surface area (Å²) >= 11 is 0. The summed E-state index contributed by atoms with van der Waals surface area (Å²) in [6, 6.07) is 11.0. The lowest BCUT2D eigenvalue weighted by molar-refractivity contribution is 0.0917. The Hall–Kier alpha value is -2.47. The van der Waals surface area contributed by atoms with Crippen molar-refractivity contribution < 1.29 is 9.90 Å². The van der Waals surface area contributed by atoms with Gasteiger partial charge in [-0.25, -0.2) is 0 Å². The van der Waals surface area contributed by atoms with Crippen LogP contribution in [0.15, 0.2) is 36.4 Å². The summed E-state index contributed by atoms with van der Waals surface area (Å²) in [6.07, 6.45) is 2.53. The largest absolute Gasteiger partial charge is 0.393 e. The Bertz CT molecular complexity index is 702. The van der Waals surface area contributed by atoms with E-state index in [1.807, 2.05) is 31.2 Å². The SMILES string of the molecule is Cc1ccc(Nc2cccc(C(=O)NCC3CCCC3O)c2)nn1. The Morgan fingerprint density at radius 2 is 2.12 bits per heavy atom. The van der Waals surface area contributed by atoms with Crippen molar-refractivity contribution in [1.82, 2.24) is 15.5 Å². The molecule has 1 fully saturated rings. The summed E-state index contributed by atoms with van der Waals surface area (Å²) in [6.45, 7) is 2.39. The molecule has 1 amide bonds. The molecule has 1 aromatic heterocycles. The highest BCUT2D eigenvalue weighted by atomic mass is 16.3. The van der Waals surface area contributed by atoms with Crippen LogP contribution < -0.4 is 10.6 Å². The molecule has 0 bridgehead atoms. The van der Waals surface area contributed by atoms with Gasteiger partial charge < -0.3 is 15.7 Å². The minimum Gasteiger partial charge on any atom is -0.393 e. The fraction of sp³-hybridized carbons (Fsp3) is 0.389. The highest BCUT2D eigenvalue weighted by Crippen LogP contribution is 2.24. The molecule has 0 saturated heterocycles. The number of nitrogens with one attached hydrogen (secondary N) is 2. The molecule has 0 aliphatic heterocycles. The van der Waals surface area contributed by atoms with Crippen molar-refractivity contribution in [2.45, 2.75) is 32.3 Å². The van der Waals surface area contributed by atoms with Gasteiger partial charge in [-0.15, -0.1) is 5.10 Å². The molecule has 1 aromatic carbocycles. The number of carbonyl (C=O) groups is 1. The molecular weight excluding hydrogens is 304 g/mol. The van der Waals surface area contributed by atoms with E-state index < -0.39 is 0 Å². The fourth-order valence-electron chi connectivity index (χ4n) is 2.93. The third kappa shape index (κ3) is 4.08. The molecule has 6 nitrogen and oxygen atoms in total. The first kappa shape index (κ1) is 16.4. The van der Waals surface area contributed by atoms with E-state index in [4.69, 9.17) is 0 Å². The minimum absolute atomic E-state index is 0.132. The van der Waals surface area contributed by atoms with Crippen molar-refractivity contribution in [3.8, 4) is 0 Å². The van der Waals surface area contributed by atoms with Crippen LogP contribution in [-0.4, -0.2) is 33.9 Å². The lowest BCUT2D eigenvalue weighted by Gasteiger charge is -2.15. The maximum Gasteiger partial charge on any atom is 0.251 e. The van der Waals surface area contributed by atoms with Crippen molar-refractivity contribution in [2.75, 3.05) is 11.9 Å². The summed E-state index contributed by atoms with van der Waals surface area (Å²) in [5, 5.41) is 23.9. The topological polar surface area (TPSA) is 87.1 Å². The third-order valence-corrected chi connectivity index (χ3v) is 4.34. The monoisotopic (exact) mass is 326 g/mol. The Morgan fingerprint density at radius 3 is 2.83 bits per heavy atom. The average Bonchev–Trinajstić information content (AvgIpc) is 3.00. The Morgan fingerprint density at radius 1 is 1.25 bits per heavy atom. The van der Waals surface area contributed by atoms with E-state index in [-0.39, 0.29) is 17.9 Å². The number of rotatable bonds is 5. The number of hydrogen-bond acceptors (Lipinski definition) is 5. The number of amides is 1. The Balaban J connectivity index is 1.61. The van der Waals surface area contributed by atoms with Gasteiger partial charge in [-0.05, 0) is 50.1 Å². The molecule has 0 radical (unpaired) electrons. The second kappa shape index (κ2) is 7.40. The van der Waals surface area contributed by atoms with E-state index in [1.165, 1.54) is 0 Å². The molecule has 1 heterocycles. The number of benzene rings is 1. The van der Waals surface area contributed by atoms with Crippen molar-refractivity contribution in [2.24, 2.45) is 5.92 Å². The number of aliphatic hydroxyl groups excluding tert-OH is 1. The highest BCUT2D eigenvalue weighted by Gasteiger charge is 2.25. The van der Waals surface area contributed by atoms with Gasteiger partial charge in [0.25, 0.3) is 5.91 Å². The maximum absolute atomic E-state index is 12.3. The molecule has 3 rings (SSSR count). The molecule has 2 aromatic rings. The molecule has 1 aliphatic carbocycles. The van der Waals surface area contributed by atoms with Crippen LogP contribution in [0.4, 0.5) is 11.5 Å². The number of aromatic nitrogens is 2. The second-order valence-electron chi connectivity index (χ2n) is 6.23. The van der Waals surface area contributed by atoms with Crippen LogP contribution in [0.5, 0.6) is 0 Å². The lowest BCUT2D eigenvalue weighted by Crippen LogP contribution is -2.32. The van der Waals surface area contributed by atoms with Crippen LogP contribution in [0.3, 0.4) is 0 Å². The van der Waals surface area contributed by atoms with E-state index >= 15 is 0 Å². The van der Waals surface area contributed by atoms with Gasteiger partial charge in [-0.3, -0.25) is 4.79 Å². The van der Waals surface area contributed by atoms with E-state index in [0.717, 1.165) is 30.6 Å². The van der Waals surface area contributed by atoms with Gasteiger partial charge in [0.2, 0.25) is 0 Å². The number of aryl methyl sites for hydroxylation is 1. The quantitative estimate of drug-likeness (QED) is 0.785. The summed E-state index contributed by atoms with van der Waals surface area (Å²) in [4.78, 5) is 12.3. The van der Waals surface area contributed by atoms with Gasteiger partial charge in [-0.1, -0.05) is 12.5 Å². The Labute approximate surface area is 141 Å². The van der Waals surface area contributed by atoms with E-state index in [1.54, 1.807) is 12.1 Å². The molecule has 24 heavy (non-hydrogen) atoms. The van der Waals surface area contributed by atoms with E-state index in [0.29, 0.717) is 17.9 Å². The molecule has 3 N–H and O–H groups in total. The van der Waals surface area contributed by atoms with E-state index in [9.17, 15) is 9.90 Å². The van der Waals surface area contributed by atoms with Gasteiger partial charge >= 0.3 is 0 Å². The van der Waals surface area contributed by atoms with Crippen LogP contribution in [0.1, 0.15) is 35.3 Å². The summed E-state index contributed by atoms with van der Waals surface area (Å²) < 4.78 is 0. The standard InChI is InChI=1S/C18H22N4O2/c1-12-8-9-17(22-21-12)20-15-6-2-4-13(10-15)18(24)19-11-14-5-3-7-16(14)23/h2,4,6,8-10,14,16,23H,3,5,7,11H2,1H3,(H,19,24)(H,20,22). The van der Waals surface area contributed by atoms with Gasteiger partial charge in [0.15, 0.2) is 5.82 Å². The van der Waals surface area contributed by atoms with E-state index in [2.05, 4.69) is 20.8 Å². The number of carbonyl (C=O) groups excluding carboxylic acids is 1. The van der Waals surface area contributed by atoms with Crippen LogP contribution in [0.2, 0.25) is 0 Å². The summed E-state index contributed by atoms with van der Waals surface area (Å²) in [7, 11) is 0. The first-order chi connectivity index (χ1) is 11.6. The van der Waals surface area contributed by atoms with Crippen molar-refractivity contribution in [1.29, 1.82) is 0 Å². The van der Waals surface area contributed by atoms with Crippen LogP contribution in [0.25, 0.3) is 0 Å². The third-order valence-electron chi connectivity index (χ3n) is 4.34. The number of anilines is 2. The molecular formula is C18H22N4O2. The number of aliphatic hydroxyl groups is 1. The van der Waals surface area contributed by atoms with Crippen LogP contribution in [0, 0.1) is 12.8 Å². The Kier molecular flexibility index (Phi) is 5.05. The first-order valence-electron chi connectivity index (χ1n) is 8.25. The highest BCUT2D eigenvalue weighted by molar-refractivity contribution is 5.95. The minimum atomic E-state index is -0.293. The normalized spacial score (nSPS) is 19.9. The van der Waals surface area contributed by atoms with Crippen molar-refractivity contribution in [3.05, 3.63) is 47.7 Å². The molecule has 2 unspecified atom stereocenters. The van der Waals surface area contributed by atoms with Crippen molar-refractivity contribution >= 4 is 17.4 Å². The zero-order chi connectivity index (χ0) is 16.9. The zero-order valence-electron chi connectivity index (χ0n) is 13.7. The van der Waals surface area contributed by atoms with Gasteiger partial charge in [0.05, 0.1) is 11.8 Å². The lowest BCUT2D eigenvalue weighted by atomic mass is 10.1. The molecule has 0 spiro atoms. The summed E-state index contributed by atoms with van der Waals surface area (Å²) in [5.41, 5.74) is 2.21. The van der Waals surface area contributed by atoms with Gasteiger partial charge in [0.1, 0.15) is 0 Å². The number of nitrogens with zero attached hydrogens (tertiary/aromatic N) is 2. The fourth-order valence-corrected chi connectivity index (χ4v) is 2.93. The van der Waals surface area contributed by atoms with Gasteiger partial charge in [0, 0.05) is 23.7 Å². The molecule has 1 aliphatic rings. The van der Waals surface area contributed by atoms with Crippen LogP contribution >= 0.6 is 0 Å². The predicted octanol–water partition coefficient (Wildman–Crippen LogP) is 2.42. The number of hydrogen-bond donors (Lipinski definition) is 3. The molecule has 6 heteroatoms. The molecule has 126 valence electrons. The van der Waals surface area contributed by atoms with Crippen molar-refractivity contribution in [3.63, 3.8) is 0 Å².